The van der Waals surface area contributed by atoms with Crippen molar-refractivity contribution in [3.8, 4) is 10.6 Å². The number of hydrogen-bond acceptors (Lipinski definition) is 5. The van der Waals surface area contributed by atoms with Crippen molar-refractivity contribution in [1.29, 1.82) is 0 Å². The second-order valence-corrected chi connectivity index (χ2v) is 7.97. The van der Waals surface area contributed by atoms with Crippen LogP contribution in [-0.4, -0.2) is 17.1 Å². The lowest BCUT2D eigenvalue weighted by Crippen LogP contribution is -2.04. The van der Waals surface area contributed by atoms with Crippen LogP contribution in [0.4, 0.5) is 0 Å². The van der Waals surface area contributed by atoms with E-state index >= 15 is 0 Å². The number of nitrogens with zero attached hydrogens (tertiary/aromatic N) is 1. The molecule has 0 amide bonds. The average molecular weight is 338 g/mol. The van der Waals surface area contributed by atoms with Gasteiger partial charge in [0.25, 0.3) is 0 Å². The van der Waals surface area contributed by atoms with Crippen LogP contribution in [0, 0.1) is 6.92 Å². The fourth-order valence-corrected chi connectivity index (χ4v) is 5.05. The van der Waals surface area contributed by atoms with Crippen LogP contribution in [0.15, 0.2) is 11.4 Å². The highest BCUT2D eigenvalue weighted by Crippen LogP contribution is 2.38. The van der Waals surface area contributed by atoms with Crippen LogP contribution < -0.4 is 0 Å². The van der Waals surface area contributed by atoms with Crippen LogP contribution in [-0.2, 0) is 4.74 Å². The summed E-state index contributed by atoms with van der Waals surface area (Å²) in [5.41, 5.74) is 2.50. The number of methoxy groups -OCH3 is 1. The van der Waals surface area contributed by atoms with Crippen LogP contribution in [0.1, 0.15) is 53.5 Å². The molecular weight excluding hydrogens is 318 g/mol. The molecule has 1 fully saturated rings. The van der Waals surface area contributed by atoms with Gasteiger partial charge < -0.3 is 4.74 Å². The Kier molecular flexibility index (Phi) is 4.72. The van der Waals surface area contributed by atoms with Crippen molar-refractivity contribution in [1.82, 2.24) is 4.98 Å². The lowest BCUT2D eigenvalue weighted by molar-refractivity contribution is 0.417. The molecule has 0 N–H and O–H groups in total. The summed E-state index contributed by atoms with van der Waals surface area (Å²) in [5, 5.41) is 3.93. The van der Waals surface area contributed by atoms with E-state index in [4.69, 9.17) is 21.9 Å². The molecule has 2 nitrogen and oxygen atoms in total. The van der Waals surface area contributed by atoms with Crippen LogP contribution in [0.2, 0.25) is 0 Å². The first-order valence-corrected chi connectivity index (χ1v) is 9.44. The van der Waals surface area contributed by atoms with E-state index in [1.807, 2.05) is 0 Å². The van der Waals surface area contributed by atoms with Crippen molar-refractivity contribution < 1.29 is 4.74 Å². The largest absolute Gasteiger partial charge is 0.486 e. The third kappa shape index (κ3) is 3.20. The summed E-state index contributed by atoms with van der Waals surface area (Å²) in [5.74, 6) is 0.669. The number of thiocarbonyl (C=S) groups is 1. The molecule has 0 aromatic carbocycles. The molecule has 3 rings (SSSR count). The van der Waals surface area contributed by atoms with Crippen LogP contribution >= 0.6 is 34.9 Å². The summed E-state index contributed by atoms with van der Waals surface area (Å²) in [4.78, 5) is 7.19. The Morgan fingerprint density at radius 3 is 2.81 bits per heavy atom. The van der Waals surface area contributed by atoms with E-state index in [-0.39, 0.29) is 0 Å². The number of ether oxygens (including phenoxy) is 1. The normalized spacial score (nSPS) is 16.1. The SMILES string of the molecule is COC(=S)c1cc(-c2nc(C3CCCCC3)cs2)c(C)s1. The number of rotatable bonds is 3. The number of aryl methyl sites for hydroxylation is 1. The predicted octanol–water partition coefficient (Wildman–Crippen LogP) is 5.55. The van der Waals surface area contributed by atoms with Gasteiger partial charge in [-0.15, -0.1) is 22.7 Å². The lowest BCUT2D eigenvalue weighted by Gasteiger charge is -2.19. The maximum atomic E-state index is 5.22. The van der Waals surface area contributed by atoms with Crippen molar-refractivity contribution in [2.75, 3.05) is 7.11 Å². The summed E-state index contributed by atoms with van der Waals surface area (Å²) < 4.78 is 5.17. The molecule has 112 valence electrons. The Balaban J connectivity index is 1.85. The Morgan fingerprint density at radius 2 is 2.10 bits per heavy atom. The minimum absolute atomic E-state index is 0.568. The van der Waals surface area contributed by atoms with Crippen molar-refractivity contribution in [3.05, 3.63) is 26.9 Å². The summed E-state index contributed by atoms with van der Waals surface area (Å²) in [6.45, 7) is 2.13. The maximum Gasteiger partial charge on any atom is 0.201 e. The zero-order valence-corrected chi connectivity index (χ0v) is 14.8. The highest BCUT2D eigenvalue weighted by atomic mass is 32.1. The number of aromatic nitrogens is 1. The Bertz CT molecular complexity index is 638. The molecule has 2 aromatic heterocycles. The van der Waals surface area contributed by atoms with E-state index < -0.39 is 0 Å². The highest BCUT2D eigenvalue weighted by Gasteiger charge is 2.20. The molecule has 0 radical (unpaired) electrons. The first-order valence-electron chi connectivity index (χ1n) is 7.33. The molecule has 1 aliphatic carbocycles. The third-order valence-electron chi connectivity index (χ3n) is 4.08. The zero-order valence-electron chi connectivity index (χ0n) is 12.3. The smallest absolute Gasteiger partial charge is 0.201 e. The minimum atomic E-state index is 0.568. The molecule has 0 saturated heterocycles. The first kappa shape index (κ1) is 15.1. The van der Waals surface area contributed by atoms with E-state index in [1.165, 1.54) is 48.2 Å². The Hall–Kier alpha value is -0.780. The van der Waals surface area contributed by atoms with Gasteiger partial charge in [0.15, 0.2) is 0 Å². The lowest BCUT2D eigenvalue weighted by atomic mass is 9.87. The third-order valence-corrected chi connectivity index (χ3v) is 6.54. The van der Waals surface area contributed by atoms with Crippen LogP contribution in [0.25, 0.3) is 10.6 Å². The van der Waals surface area contributed by atoms with E-state index in [2.05, 4.69) is 18.4 Å². The number of thiophene rings is 1. The maximum absolute atomic E-state index is 5.22. The standard InChI is InChI=1S/C16H19NOS3/c1-10-12(8-14(21-10)16(19)18-2)15-17-13(9-20-15)11-6-4-3-5-7-11/h8-9,11H,3-7H2,1-2H3. The van der Waals surface area contributed by atoms with Gasteiger partial charge in [-0.05, 0) is 38.0 Å². The molecule has 0 unspecified atom stereocenters. The fourth-order valence-electron chi connectivity index (χ4n) is 2.89. The molecule has 0 spiro atoms. The summed E-state index contributed by atoms with van der Waals surface area (Å²) >= 11 is 8.67. The highest BCUT2D eigenvalue weighted by molar-refractivity contribution is 7.80. The molecule has 0 aliphatic heterocycles. The van der Waals surface area contributed by atoms with Gasteiger partial charge in [-0.3, -0.25) is 0 Å². The van der Waals surface area contributed by atoms with Gasteiger partial charge in [-0.2, -0.15) is 0 Å². The molecule has 21 heavy (non-hydrogen) atoms. The molecule has 0 bridgehead atoms. The van der Waals surface area contributed by atoms with Crippen LogP contribution in [0.5, 0.6) is 0 Å². The van der Waals surface area contributed by atoms with Gasteiger partial charge in [0.05, 0.1) is 17.7 Å². The number of thiazole rings is 1. The number of hydrogen-bond donors (Lipinski definition) is 0. The Morgan fingerprint density at radius 1 is 1.33 bits per heavy atom. The second-order valence-electron chi connectivity index (χ2n) is 5.48. The van der Waals surface area contributed by atoms with Gasteiger partial charge in [-0.25, -0.2) is 4.98 Å². The predicted molar refractivity (Wildman–Crippen MR) is 94.7 cm³/mol. The van der Waals surface area contributed by atoms with E-state index in [1.54, 1.807) is 29.8 Å². The monoisotopic (exact) mass is 337 g/mol. The molecule has 2 heterocycles. The summed E-state index contributed by atoms with van der Waals surface area (Å²) in [7, 11) is 1.63. The molecular formula is C16H19NOS3. The average Bonchev–Trinajstić information content (AvgIpc) is 3.14. The molecule has 2 aromatic rings. The Labute approximate surface area is 139 Å². The van der Waals surface area contributed by atoms with Crippen molar-refractivity contribution in [2.24, 2.45) is 0 Å². The minimum Gasteiger partial charge on any atom is -0.486 e. The van der Waals surface area contributed by atoms with E-state index in [9.17, 15) is 0 Å². The van der Waals surface area contributed by atoms with Crippen molar-refractivity contribution in [3.63, 3.8) is 0 Å². The quantitative estimate of drug-likeness (QED) is 0.686. The van der Waals surface area contributed by atoms with Gasteiger partial charge >= 0.3 is 0 Å². The summed E-state index contributed by atoms with van der Waals surface area (Å²) in [6, 6.07) is 2.12. The summed E-state index contributed by atoms with van der Waals surface area (Å²) in [6.07, 6.45) is 6.67. The first-order chi connectivity index (χ1) is 10.2. The molecule has 1 saturated carbocycles. The second kappa shape index (κ2) is 6.55. The fraction of sp³-hybridized carbons (Fsp3) is 0.500. The van der Waals surface area contributed by atoms with Crippen molar-refractivity contribution >= 4 is 39.9 Å². The van der Waals surface area contributed by atoms with Gasteiger partial charge in [0, 0.05) is 21.7 Å². The van der Waals surface area contributed by atoms with Gasteiger partial charge in [0.2, 0.25) is 5.05 Å². The van der Waals surface area contributed by atoms with Gasteiger partial charge in [0.1, 0.15) is 5.01 Å². The zero-order chi connectivity index (χ0) is 14.8. The van der Waals surface area contributed by atoms with Gasteiger partial charge in [-0.1, -0.05) is 19.3 Å². The van der Waals surface area contributed by atoms with Crippen molar-refractivity contribution in [2.45, 2.75) is 44.9 Å². The molecule has 5 heteroatoms. The van der Waals surface area contributed by atoms with E-state index in [0.717, 1.165) is 9.88 Å². The topological polar surface area (TPSA) is 22.1 Å². The van der Waals surface area contributed by atoms with E-state index in [0.29, 0.717) is 11.0 Å². The molecule has 0 atom stereocenters. The molecule has 1 aliphatic rings. The van der Waals surface area contributed by atoms with Crippen LogP contribution in [0.3, 0.4) is 0 Å².